The minimum atomic E-state index is -0.243. The van der Waals surface area contributed by atoms with E-state index < -0.39 is 0 Å². The third-order valence-corrected chi connectivity index (χ3v) is 4.67. The van der Waals surface area contributed by atoms with E-state index in [0.29, 0.717) is 17.4 Å². The average molecular weight is 312 g/mol. The van der Waals surface area contributed by atoms with E-state index in [0.717, 1.165) is 25.1 Å². The molecular formula is C17H20N4O2. The zero-order valence-electron chi connectivity index (χ0n) is 12.9. The first-order valence-corrected chi connectivity index (χ1v) is 8.02. The second-order valence-corrected chi connectivity index (χ2v) is 6.48. The van der Waals surface area contributed by atoms with E-state index >= 15 is 0 Å². The van der Waals surface area contributed by atoms with Crippen LogP contribution < -0.4 is 11.1 Å². The van der Waals surface area contributed by atoms with E-state index in [2.05, 4.69) is 15.2 Å². The van der Waals surface area contributed by atoms with Gasteiger partial charge in [0.1, 0.15) is 0 Å². The van der Waals surface area contributed by atoms with Gasteiger partial charge in [0.15, 0.2) is 5.76 Å². The third kappa shape index (κ3) is 2.94. The second kappa shape index (κ2) is 5.70. The number of benzene rings is 1. The number of amides is 1. The smallest absolute Gasteiger partial charge is 0.307 e. The monoisotopic (exact) mass is 312 g/mol. The molecule has 0 aliphatic carbocycles. The molecule has 0 saturated carbocycles. The van der Waals surface area contributed by atoms with Crippen molar-refractivity contribution in [3.63, 3.8) is 0 Å². The standard InChI is InChI=1S/C17H20N4O2/c18-13-3-1-2-12(7-13)15-8-19-17(23-15)16(22)20-14-6-11-4-5-21(9-11)10-14/h1-3,7-8,11,14H,4-6,9-10,18H2,(H,20,22)/t11-,14+/m0/s1. The van der Waals surface area contributed by atoms with E-state index in [1.807, 2.05) is 12.1 Å². The summed E-state index contributed by atoms with van der Waals surface area (Å²) in [4.78, 5) is 18.9. The summed E-state index contributed by atoms with van der Waals surface area (Å²) in [5.74, 6) is 1.12. The lowest BCUT2D eigenvalue weighted by Crippen LogP contribution is -2.47. The molecule has 0 spiro atoms. The highest BCUT2D eigenvalue weighted by molar-refractivity contribution is 5.90. The highest BCUT2D eigenvalue weighted by atomic mass is 16.4. The number of carbonyl (C=O) groups is 1. The first kappa shape index (κ1) is 14.3. The van der Waals surface area contributed by atoms with E-state index in [-0.39, 0.29) is 17.8 Å². The van der Waals surface area contributed by atoms with Gasteiger partial charge in [-0.1, -0.05) is 12.1 Å². The van der Waals surface area contributed by atoms with Crippen molar-refractivity contribution < 1.29 is 9.21 Å². The van der Waals surface area contributed by atoms with Gasteiger partial charge in [-0.3, -0.25) is 4.79 Å². The Labute approximate surface area is 134 Å². The number of rotatable bonds is 3. The highest BCUT2D eigenvalue weighted by Gasteiger charge is 2.33. The third-order valence-electron chi connectivity index (χ3n) is 4.67. The van der Waals surface area contributed by atoms with Gasteiger partial charge in [-0.2, -0.15) is 0 Å². The van der Waals surface area contributed by atoms with Crippen molar-refractivity contribution in [1.82, 2.24) is 15.2 Å². The maximum absolute atomic E-state index is 12.3. The molecule has 2 aliphatic rings. The maximum Gasteiger partial charge on any atom is 0.307 e. The first-order chi connectivity index (χ1) is 11.2. The van der Waals surface area contributed by atoms with Gasteiger partial charge in [0.25, 0.3) is 5.89 Å². The SMILES string of the molecule is Nc1cccc(-c2cnc(C(=O)N[C@@H]3C[C@@H]4CCN(C4)C3)o2)c1. The molecule has 3 atom stereocenters. The number of nitrogens with zero attached hydrogens (tertiary/aromatic N) is 2. The lowest BCUT2D eigenvalue weighted by Gasteiger charge is -2.30. The predicted octanol–water partition coefficient (Wildman–Crippen LogP) is 1.75. The molecule has 2 fully saturated rings. The Morgan fingerprint density at radius 2 is 2.30 bits per heavy atom. The molecule has 4 rings (SSSR count). The lowest BCUT2D eigenvalue weighted by atomic mass is 9.97. The lowest BCUT2D eigenvalue weighted by molar-refractivity contribution is 0.0875. The van der Waals surface area contributed by atoms with Crippen LogP contribution in [0.4, 0.5) is 5.69 Å². The Kier molecular flexibility index (Phi) is 3.53. The number of fused-ring (bicyclic) bond motifs is 2. The molecule has 23 heavy (non-hydrogen) atoms. The number of piperidine rings is 1. The Bertz CT molecular complexity index is 715. The molecule has 3 N–H and O–H groups in total. The van der Waals surface area contributed by atoms with Crippen LogP contribution in [0, 0.1) is 5.92 Å². The zero-order valence-corrected chi connectivity index (χ0v) is 12.9. The average Bonchev–Trinajstić information content (AvgIpc) is 3.14. The molecule has 2 saturated heterocycles. The normalized spacial score (nSPS) is 26.2. The van der Waals surface area contributed by atoms with Crippen molar-refractivity contribution >= 4 is 11.6 Å². The van der Waals surface area contributed by atoms with Gasteiger partial charge in [0, 0.05) is 30.4 Å². The number of carbonyl (C=O) groups excluding carboxylic acids is 1. The second-order valence-electron chi connectivity index (χ2n) is 6.48. The number of oxazole rings is 1. The van der Waals surface area contributed by atoms with Crippen LogP contribution in [0.1, 0.15) is 23.5 Å². The number of nitrogens with one attached hydrogen (secondary N) is 1. The van der Waals surface area contributed by atoms with Gasteiger partial charge in [0.05, 0.1) is 6.20 Å². The molecule has 2 bridgehead atoms. The number of hydrogen-bond donors (Lipinski definition) is 2. The summed E-state index contributed by atoms with van der Waals surface area (Å²) in [6, 6.07) is 7.52. The Balaban J connectivity index is 1.45. The summed E-state index contributed by atoms with van der Waals surface area (Å²) < 4.78 is 5.61. The minimum absolute atomic E-state index is 0.107. The number of nitrogens with two attached hydrogens (primary N) is 1. The Hall–Kier alpha value is -2.34. The zero-order chi connectivity index (χ0) is 15.8. The molecule has 120 valence electrons. The fourth-order valence-corrected chi connectivity index (χ4v) is 3.62. The van der Waals surface area contributed by atoms with Crippen molar-refractivity contribution in [2.75, 3.05) is 25.4 Å². The number of nitrogen functional groups attached to an aromatic ring is 1. The Morgan fingerprint density at radius 3 is 3.13 bits per heavy atom. The number of anilines is 1. The summed E-state index contributed by atoms with van der Waals surface area (Å²) in [7, 11) is 0. The molecule has 1 amide bonds. The fourth-order valence-electron chi connectivity index (χ4n) is 3.62. The summed E-state index contributed by atoms with van der Waals surface area (Å²) in [5, 5.41) is 3.05. The van der Waals surface area contributed by atoms with Crippen LogP contribution in [-0.4, -0.2) is 41.5 Å². The molecule has 2 aliphatic heterocycles. The molecule has 3 heterocycles. The summed E-state index contributed by atoms with van der Waals surface area (Å²) in [5.41, 5.74) is 7.24. The minimum Gasteiger partial charge on any atom is -0.432 e. The van der Waals surface area contributed by atoms with Crippen LogP contribution in [0.25, 0.3) is 11.3 Å². The number of hydrogen-bond acceptors (Lipinski definition) is 5. The van der Waals surface area contributed by atoms with E-state index in [1.165, 1.54) is 13.0 Å². The largest absolute Gasteiger partial charge is 0.432 e. The van der Waals surface area contributed by atoms with Gasteiger partial charge >= 0.3 is 5.91 Å². The van der Waals surface area contributed by atoms with Gasteiger partial charge in [-0.15, -0.1) is 0 Å². The molecule has 1 aromatic carbocycles. The van der Waals surface area contributed by atoms with Gasteiger partial charge in [0.2, 0.25) is 0 Å². The summed E-state index contributed by atoms with van der Waals surface area (Å²) in [6.07, 6.45) is 3.85. The molecule has 1 aromatic heterocycles. The van der Waals surface area contributed by atoms with Crippen LogP contribution in [0.2, 0.25) is 0 Å². The van der Waals surface area contributed by atoms with E-state index in [9.17, 15) is 4.79 Å². The van der Waals surface area contributed by atoms with Crippen molar-refractivity contribution in [2.24, 2.45) is 5.92 Å². The van der Waals surface area contributed by atoms with Crippen LogP contribution in [-0.2, 0) is 0 Å². The van der Waals surface area contributed by atoms with Gasteiger partial charge < -0.3 is 20.4 Å². The van der Waals surface area contributed by atoms with Crippen molar-refractivity contribution in [3.8, 4) is 11.3 Å². The highest BCUT2D eigenvalue weighted by Crippen LogP contribution is 2.27. The predicted molar refractivity (Wildman–Crippen MR) is 86.8 cm³/mol. The van der Waals surface area contributed by atoms with Crippen molar-refractivity contribution in [3.05, 3.63) is 36.4 Å². The fraction of sp³-hybridized carbons (Fsp3) is 0.412. The number of aromatic nitrogens is 1. The molecule has 0 radical (unpaired) electrons. The first-order valence-electron chi connectivity index (χ1n) is 8.02. The molecule has 6 heteroatoms. The maximum atomic E-state index is 12.3. The van der Waals surface area contributed by atoms with E-state index in [1.54, 1.807) is 18.3 Å². The molecular weight excluding hydrogens is 292 g/mol. The Morgan fingerprint density at radius 1 is 1.39 bits per heavy atom. The van der Waals surface area contributed by atoms with Gasteiger partial charge in [-0.25, -0.2) is 4.98 Å². The van der Waals surface area contributed by atoms with Crippen LogP contribution >= 0.6 is 0 Å². The topological polar surface area (TPSA) is 84.4 Å². The van der Waals surface area contributed by atoms with Crippen LogP contribution in [0.3, 0.4) is 0 Å². The van der Waals surface area contributed by atoms with Crippen LogP contribution in [0.15, 0.2) is 34.9 Å². The van der Waals surface area contributed by atoms with E-state index in [4.69, 9.17) is 10.2 Å². The van der Waals surface area contributed by atoms with Crippen LogP contribution in [0.5, 0.6) is 0 Å². The molecule has 6 nitrogen and oxygen atoms in total. The quantitative estimate of drug-likeness (QED) is 0.844. The van der Waals surface area contributed by atoms with Crippen molar-refractivity contribution in [2.45, 2.75) is 18.9 Å². The summed E-state index contributed by atoms with van der Waals surface area (Å²) in [6.45, 7) is 3.24. The molecule has 1 unspecified atom stereocenters. The summed E-state index contributed by atoms with van der Waals surface area (Å²) >= 11 is 0. The van der Waals surface area contributed by atoms with Crippen molar-refractivity contribution in [1.29, 1.82) is 0 Å². The van der Waals surface area contributed by atoms with Gasteiger partial charge in [-0.05, 0) is 37.4 Å². The molecule has 2 aromatic rings.